The summed E-state index contributed by atoms with van der Waals surface area (Å²) in [5, 5.41) is 3.04. The molecule has 126 valence electrons. The average Bonchev–Trinajstić information content (AvgIpc) is 2.59. The topological polar surface area (TPSA) is 38.3 Å². The number of hydrogen-bond acceptors (Lipinski definition) is 2. The molecule has 0 aliphatic heterocycles. The zero-order chi connectivity index (χ0) is 17.4. The van der Waals surface area contributed by atoms with Crippen molar-refractivity contribution < 1.29 is 9.53 Å². The monoisotopic (exact) mass is 323 g/mol. The number of nitrogens with one attached hydrogen (secondary N) is 1. The summed E-state index contributed by atoms with van der Waals surface area (Å²) in [7, 11) is 0. The van der Waals surface area contributed by atoms with Crippen molar-refractivity contribution >= 4 is 12.0 Å². The average molecular weight is 323 g/mol. The first-order valence-corrected chi connectivity index (χ1v) is 8.38. The number of amides is 1. The Morgan fingerprint density at radius 2 is 1.75 bits per heavy atom. The van der Waals surface area contributed by atoms with Gasteiger partial charge in [-0.05, 0) is 49.6 Å². The van der Waals surface area contributed by atoms with E-state index in [1.165, 1.54) is 0 Å². The maximum absolute atomic E-state index is 12.1. The minimum Gasteiger partial charge on any atom is -0.491 e. The van der Waals surface area contributed by atoms with Crippen molar-refractivity contribution in [2.75, 3.05) is 0 Å². The number of carbonyl (C=O) groups is 1. The second-order valence-corrected chi connectivity index (χ2v) is 5.95. The summed E-state index contributed by atoms with van der Waals surface area (Å²) in [6, 6.07) is 17.8. The van der Waals surface area contributed by atoms with Gasteiger partial charge in [0.05, 0.1) is 12.1 Å². The standard InChI is InChI=1S/C21H25NO2/c1-4-20(18-8-6-5-7-9-18)22-21(23)15-12-17-10-13-19(14-11-17)24-16(2)3/h5-16,20H,4H2,1-3H3,(H,22,23)/b15-12-/t20-/m1/s1. The van der Waals surface area contributed by atoms with Crippen LogP contribution in [0.5, 0.6) is 5.75 Å². The van der Waals surface area contributed by atoms with Gasteiger partial charge in [-0.25, -0.2) is 0 Å². The maximum Gasteiger partial charge on any atom is 0.244 e. The molecule has 0 bridgehead atoms. The third kappa shape index (κ3) is 5.58. The summed E-state index contributed by atoms with van der Waals surface area (Å²) in [6.45, 7) is 6.05. The first-order chi connectivity index (χ1) is 11.6. The Hall–Kier alpha value is -2.55. The van der Waals surface area contributed by atoms with Crippen LogP contribution in [-0.2, 0) is 4.79 Å². The van der Waals surface area contributed by atoms with E-state index in [1.54, 1.807) is 6.08 Å². The highest BCUT2D eigenvalue weighted by molar-refractivity contribution is 5.92. The smallest absolute Gasteiger partial charge is 0.244 e. The Bertz CT molecular complexity index is 660. The molecule has 0 aliphatic rings. The van der Waals surface area contributed by atoms with Gasteiger partial charge < -0.3 is 10.1 Å². The third-order valence-electron chi connectivity index (χ3n) is 3.61. The minimum atomic E-state index is -0.0896. The van der Waals surface area contributed by atoms with E-state index in [4.69, 9.17) is 4.74 Å². The van der Waals surface area contributed by atoms with Crippen LogP contribution in [0.1, 0.15) is 44.4 Å². The van der Waals surface area contributed by atoms with E-state index >= 15 is 0 Å². The Balaban J connectivity index is 1.94. The van der Waals surface area contributed by atoms with Crippen LogP contribution >= 0.6 is 0 Å². The summed E-state index contributed by atoms with van der Waals surface area (Å²) in [5.74, 6) is 0.745. The zero-order valence-corrected chi connectivity index (χ0v) is 14.5. The molecule has 0 aromatic heterocycles. The minimum absolute atomic E-state index is 0.0326. The summed E-state index contributed by atoms with van der Waals surface area (Å²) in [6.07, 6.45) is 4.39. The molecule has 0 unspecified atom stereocenters. The molecule has 0 saturated heterocycles. The van der Waals surface area contributed by atoms with Crippen LogP contribution in [0.3, 0.4) is 0 Å². The van der Waals surface area contributed by atoms with E-state index in [1.807, 2.05) is 74.5 Å². The lowest BCUT2D eigenvalue weighted by Crippen LogP contribution is -2.26. The van der Waals surface area contributed by atoms with Crippen LogP contribution in [0.4, 0.5) is 0 Å². The van der Waals surface area contributed by atoms with E-state index in [2.05, 4.69) is 12.2 Å². The summed E-state index contributed by atoms with van der Waals surface area (Å²) < 4.78 is 5.61. The van der Waals surface area contributed by atoms with Crippen molar-refractivity contribution in [1.29, 1.82) is 0 Å². The lowest BCUT2D eigenvalue weighted by molar-refractivity contribution is -0.117. The first kappa shape index (κ1) is 17.8. The summed E-state index contributed by atoms with van der Waals surface area (Å²) in [5.41, 5.74) is 2.09. The fourth-order valence-electron chi connectivity index (χ4n) is 2.43. The molecule has 0 heterocycles. The molecule has 2 rings (SSSR count). The number of carbonyl (C=O) groups excluding carboxylic acids is 1. The number of rotatable bonds is 7. The second kappa shape index (κ2) is 8.92. The molecular formula is C21H25NO2. The molecule has 0 spiro atoms. The maximum atomic E-state index is 12.1. The molecule has 1 N–H and O–H groups in total. The van der Waals surface area contributed by atoms with Gasteiger partial charge in [0, 0.05) is 6.08 Å². The van der Waals surface area contributed by atoms with Gasteiger partial charge in [0.15, 0.2) is 0 Å². The molecule has 0 saturated carbocycles. The van der Waals surface area contributed by atoms with Gasteiger partial charge in [-0.1, -0.05) is 49.4 Å². The molecule has 1 amide bonds. The molecule has 0 radical (unpaired) electrons. The van der Waals surface area contributed by atoms with Crippen molar-refractivity contribution in [3.05, 3.63) is 71.8 Å². The van der Waals surface area contributed by atoms with Crippen molar-refractivity contribution in [3.63, 3.8) is 0 Å². The van der Waals surface area contributed by atoms with Gasteiger partial charge in [-0.15, -0.1) is 0 Å². The fraction of sp³-hybridized carbons (Fsp3) is 0.286. The van der Waals surface area contributed by atoms with Crippen LogP contribution in [-0.4, -0.2) is 12.0 Å². The SMILES string of the molecule is CC[C@@H](NC(=O)/C=C\c1ccc(OC(C)C)cc1)c1ccccc1. The van der Waals surface area contributed by atoms with E-state index in [9.17, 15) is 4.79 Å². The Morgan fingerprint density at radius 1 is 1.08 bits per heavy atom. The van der Waals surface area contributed by atoms with Gasteiger partial charge >= 0.3 is 0 Å². The van der Waals surface area contributed by atoms with Gasteiger partial charge in [-0.3, -0.25) is 4.79 Å². The lowest BCUT2D eigenvalue weighted by atomic mass is 10.0. The predicted molar refractivity (Wildman–Crippen MR) is 98.9 cm³/mol. The Labute approximate surface area is 144 Å². The fourth-order valence-corrected chi connectivity index (χ4v) is 2.43. The highest BCUT2D eigenvalue weighted by Gasteiger charge is 2.10. The van der Waals surface area contributed by atoms with Crippen molar-refractivity contribution in [1.82, 2.24) is 5.32 Å². The molecular weight excluding hydrogens is 298 g/mol. The van der Waals surface area contributed by atoms with Crippen molar-refractivity contribution in [3.8, 4) is 5.75 Å². The van der Waals surface area contributed by atoms with Gasteiger partial charge in [0.25, 0.3) is 0 Å². The molecule has 24 heavy (non-hydrogen) atoms. The molecule has 3 nitrogen and oxygen atoms in total. The van der Waals surface area contributed by atoms with Crippen LogP contribution in [0.15, 0.2) is 60.7 Å². The molecule has 2 aromatic carbocycles. The molecule has 0 fully saturated rings. The van der Waals surface area contributed by atoms with Crippen molar-refractivity contribution in [2.24, 2.45) is 0 Å². The molecule has 0 aliphatic carbocycles. The number of ether oxygens (including phenoxy) is 1. The van der Waals surface area contributed by atoms with E-state index in [0.717, 1.165) is 23.3 Å². The van der Waals surface area contributed by atoms with Crippen LogP contribution < -0.4 is 10.1 Å². The normalized spacial score (nSPS) is 12.3. The van der Waals surface area contributed by atoms with Gasteiger partial charge in [0.2, 0.25) is 5.91 Å². The molecule has 1 atom stereocenters. The van der Waals surface area contributed by atoms with Crippen LogP contribution in [0.25, 0.3) is 6.08 Å². The van der Waals surface area contributed by atoms with Gasteiger partial charge in [0.1, 0.15) is 5.75 Å². The Kier molecular flexibility index (Phi) is 6.62. The van der Waals surface area contributed by atoms with Crippen LogP contribution in [0, 0.1) is 0 Å². The van der Waals surface area contributed by atoms with Crippen molar-refractivity contribution in [2.45, 2.75) is 39.3 Å². The van der Waals surface area contributed by atoms with E-state index in [0.29, 0.717) is 0 Å². The molecule has 3 heteroatoms. The first-order valence-electron chi connectivity index (χ1n) is 8.38. The lowest BCUT2D eigenvalue weighted by Gasteiger charge is -2.16. The number of hydrogen-bond donors (Lipinski definition) is 1. The second-order valence-electron chi connectivity index (χ2n) is 5.95. The highest BCUT2D eigenvalue weighted by Crippen LogP contribution is 2.17. The van der Waals surface area contributed by atoms with Gasteiger partial charge in [-0.2, -0.15) is 0 Å². The third-order valence-corrected chi connectivity index (χ3v) is 3.61. The molecule has 2 aromatic rings. The number of benzene rings is 2. The predicted octanol–water partition coefficient (Wildman–Crippen LogP) is 4.75. The quantitative estimate of drug-likeness (QED) is 0.746. The highest BCUT2D eigenvalue weighted by atomic mass is 16.5. The zero-order valence-electron chi connectivity index (χ0n) is 14.5. The van der Waals surface area contributed by atoms with E-state index in [-0.39, 0.29) is 18.1 Å². The summed E-state index contributed by atoms with van der Waals surface area (Å²) in [4.78, 5) is 12.1. The van der Waals surface area contributed by atoms with Crippen LogP contribution in [0.2, 0.25) is 0 Å². The Morgan fingerprint density at radius 3 is 2.33 bits per heavy atom. The largest absolute Gasteiger partial charge is 0.491 e. The van der Waals surface area contributed by atoms with E-state index < -0.39 is 0 Å². The summed E-state index contributed by atoms with van der Waals surface area (Å²) >= 11 is 0.